The van der Waals surface area contributed by atoms with Gasteiger partial charge < -0.3 is 5.32 Å². The Kier molecular flexibility index (Phi) is 4.28. The van der Waals surface area contributed by atoms with Crippen molar-refractivity contribution < 1.29 is 13.6 Å². The molecule has 1 aliphatic rings. The predicted octanol–water partition coefficient (Wildman–Crippen LogP) is 0.712. The highest BCUT2D eigenvalue weighted by atomic mass is 19.3. The maximum absolute atomic E-state index is 13.9. The molecule has 1 aliphatic carbocycles. The number of nitrogens with zero attached hydrogens (tertiary/aromatic N) is 2. The Morgan fingerprint density at radius 3 is 2.56 bits per heavy atom. The molecular formula is C17H17F2N3O3. The zero-order valence-electron chi connectivity index (χ0n) is 13.5. The van der Waals surface area contributed by atoms with E-state index in [0.29, 0.717) is 5.56 Å². The number of amides is 1. The number of carbonyl (C=O) groups excluding carboxylic acids is 1. The molecule has 0 unspecified atom stereocenters. The maximum atomic E-state index is 13.9. The van der Waals surface area contributed by atoms with Gasteiger partial charge in [0.1, 0.15) is 6.54 Å². The summed E-state index contributed by atoms with van der Waals surface area (Å²) in [5, 5.41) is 2.44. The van der Waals surface area contributed by atoms with Crippen LogP contribution in [-0.2, 0) is 18.4 Å². The van der Waals surface area contributed by atoms with Crippen molar-refractivity contribution in [1.29, 1.82) is 0 Å². The van der Waals surface area contributed by atoms with Gasteiger partial charge in [0.15, 0.2) is 0 Å². The summed E-state index contributed by atoms with van der Waals surface area (Å²) in [6, 6.07) is 9.60. The van der Waals surface area contributed by atoms with Gasteiger partial charge >= 0.3 is 5.69 Å². The average molecular weight is 349 g/mol. The number of alkyl halides is 2. The second-order valence-electron chi connectivity index (χ2n) is 6.10. The van der Waals surface area contributed by atoms with Gasteiger partial charge in [-0.25, -0.2) is 13.6 Å². The van der Waals surface area contributed by atoms with Crippen LogP contribution in [0.3, 0.4) is 0 Å². The van der Waals surface area contributed by atoms with Gasteiger partial charge in [0.2, 0.25) is 5.91 Å². The molecule has 3 rings (SSSR count). The van der Waals surface area contributed by atoms with Gasteiger partial charge in [0.05, 0.1) is 11.8 Å². The van der Waals surface area contributed by atoms with E-state index in [0.717, 1.165) is 15.2 Å². The first kappa shape index (κ1) is 17.1. The minimum Gasteiger partial charge on any atom is -0.354 e. The Balaban J connectivity index is 1.61. The van der Waals surface area contributed by atoms with Crippen molar-refractivity contribution >= 4 is 5.91 Å². The standard InChI is InChI=1S/C17H17F2N3O3/c1-21-14(24)7-8-22(16(21)25)10-13(23)20-9-12-15(17(12,18)19)11-5-3-2-4-6-11/h2-8,12,15H,9-10H2,1H3,(H,20,23)/t12-,15-/m1/s1. The van der Waals surface area contributed by atoms with Crippen molar-refractivity contribution in [2.24, 2.45) is 13.0 Å². The van der Waals surface area contributed by atoms with Crippen LogP contribution in [0.1, 0.15) is 11.5 Å². The van der Waals surface area contributed by atoms with E-state index in [4.69, 9.17) is 0 Å². The molecule has 8 heteroatoms. The molecule has 0 bridgehead atoms. The first-order valence-corrected chi connectivity index (χ1v) is 7.78. The zero-order valence-corrected chi connectivity index (χ0v) is 13.5. The zero-order chi connectivity index (χ0) is 18.2. The number of hydrogen-bond donors (Lipinski definition) is 1. The molecule has 1 amide bonds. The summed E-state index contributed by atoms with van der Waals surface area (Å²) < 4.78 is 29.8. The number of hydrogen-bond acceptors (Lipinski definition) is 3. The lowest BCUT2D eigenvalue weighted by molar-refractivity contribution is -0.121. The summed E-state index contributed by atoms with van der Waals surface area (Å²) in [7, 11) is 1.30. The highest BCUT2D eigenvalue weighted by Crippen LogP contribution is 2.61. The number of benzene rings is 1. The lowest BCUT2D eigenvalue weighted by Gasteiger charge is -2.08. The van der Waals surface area contributed by atoms with Crippen molar-refractivity contribution in [3.8, 4) is 0 Å². The molecule has 1 heterocycles. The number of rotatable bonds is 5. The molecule has 0 spiro atoms. The van der Waals surface area contributed by atoms with Crippen LogP contribution in [0.5, 0.6) is 0 Å². The molecule has 132 valence electrons. The fourth-order valence-electron chi connectivity index (χ4n) is 2.93. The third-order valence-corrected chi connectivity index (χ3v) is 4.45. The number of carbonyl (C=O) groups is 1. The molecule has 2 atom stereocenters. The molecule has 6 nitrogen and oxygen atoms in total. The van der Waals surface area contributed by atoms with E-state index in [1.807, 2.05) is 0 Å². The highest BCUT2D eigenvalue weighted by Gasteiger charge is 2.68. The molecule has 1 N–H and O–H groups in total. The van der Waals surface area contributed by atoms with E-state index in [1.54, 1.807) is 30.3 Å². The van der Waals surface area contributed by atoms with Gasteiger partial charge in [-0.15, -0.1) is 0 Å². The van der Waals surface area contributed by atoms with Crippen molar-refractivity contribution in [2.45, 2.75) is 18.4 Å². The second kappa shape index (κ2) is 6.27. The summed E-state index contributed by atoms with van der Waals surface area (Å²) in [5.41, 5.74) is -0.576. The Morgan fingerprint density at radius 1 is 1.20 bits per heavy atom. The van der Waals surface area contributed by atoms with Crippen molar-refractivity contribution in [2.75, 3.05) is 6.54 Å². The van der Waals surface area contributed by atoms with Crippen molar-refractivity contribution in [1.82, 2.24) is 14.5 Å². The molecule has 0 radical (unpaired) electrons. The van der Waals surface area contributed by atoms with E-state index in [2.05, 4.69) is 5.32 Å². The largest absolute Gasteiger partial charge is 0.354 e. The van der Waals surface area contributed by atoms with Crippen LogP contribution in [0.2, 0.25) is 0 Å². The van der Waals surface area contributed by atoms with Gasteiger partial charge in [-0.3, -0.25) is 18.7 Å². The number of aromatic nitrogens is 2. The minimum absolute atomic E-state index is 0.175. The minimum atomic E-state index is -2.86. The number of nitrogens with one attached hydrogen (secondary N) is 1. The van der Waals surface area contributed by atoms with Crippen LogP contribution in [0.15, 0.2) is 52.2 Å². The van der Waals surface area contributed by atoms with Crippen LogP contribution in [-0.4, -0.2) is 27.5 Å². The van der Waals surface area contributed by atoms with E-state index in [-0.39, 0.29) is 13.1 Å². The summed E-state index contributed by atoms with van der Waals surface area (Å²) in [4.78, 5) is 35.1. The normalized spacial score (nSPS) is 20.9. The van der Waals surface area contributed by atoms with Gasteiger partial charge in [-0.2, -0.15) is 0 Å². The Hall–Kier alpha value is -2.77. The molecule has 2 aromatic rings. The van der Waals surface area contributed by atoms with Crippen molar-refractivity contribution in [3.05, 3.63) is 69.0 Å². The molecule has 1 fully saturated rings. The van der Waals surface area contributed by atoms with Gasteiger partial charge in [-0.05, 0) is 5.56 Å². The average Bonchev–Trinajstić information content (AvgIpc) is 3.15. The van der Waals surface area contributed by atoms with Gasteiger partial charge in [-0.1, -0.05) is 30.3 Å². The van der Waals surface area contributed by atoms with Crippen LogP contribution in [0, 0.1) is 5.92 Å². The van der Waals surface area contributed by atoms with E-state index < -0.39 is 34.9 Å². The Labute approximate surface area is 141 Å². The van der Waals surface area contributed by atoms with Crippen molar-refractivity contribution in [3.63, 3.8) is 0 Å². The smallest absolute Gasteiger partial charge is 0.331 e. The molecule has 1 aromatic heterocycles. The Bertz CT molecular complexity index is 905. The molecule has 25 heavy (non-hydrogen) atoms. The summed E-state index contributed by atoms with van der Waals surface area (Å²) in [5.74, 6) is -5.29. The van der Waals surface area contributed by atoms with Gasteiger partial charge in [0.25, 0.3) is 11.5 Å². The molecular weight excluding hydrogens is 332 g/mol. The summed E-state index contributed by atoms with van der Waals surface area (Å²) >= 11 is 0. The first-order chi connectivity index (χ1) is 11.8. The van der Waals surface area contributed by atoms with Crippen LogP contribution < -0.4 is 16.6 Å². The monoisotopic (exact) mass is 349 g/mol. The Morgan fingerprint density at radius 2 is 1.88 bits per heavy atom. The fourth-order valence-corrected chi connectivity index (χ4v) is 2.93. The predicted molar refractivity (Wildman–Crippen MR) is 86.6 cm³/mol. The first-order valence-electron chi connectivity index (χ1n) is 7.78. The number of halogens is 2. The van der Waals surface area contributed by atoms with Crippen LogP contribution in [0.4, 0.5) is 8.78 Å². The molecule has 1 saturated carbocycles. The molecule has 0 saturated heterocycles. The fraction of sp³-hybridized carbons (Fsp3) is 0.353. The third kappa shape index (κ3) is 3.24. The topological polar surface area (TPSA) is 73.1 Å². The lowest BCUT2D eigenvalue weighted by Crippen LogP contribution is -2.40. The lowest BCUT2D eigenvalue weighted by atomic mass is 10.1. The van der Waals surface area contributed by atoms with E-state index in [9.17, 15) is 23.2 Å². The third-order valence-electron chi connectivity index (χ3n) is 4.45. The highest BCUT2D eigenvalue weighted by molar-refractivity contribution is 5.75. The second-order valence-corrected chi connectivity index (χ2v) is 6.10. The van der Waals surface area contributed by atoms with Crippen LogP contribution >= 0.6 is 0 Å². The summed E-state index contributed by atoms with van der Waals surface area (Å²) in [6.07, 6.45) is 1.21. The molecule has 1 aromatic carbocycles. The molecule has 0 aliphatic heterocycles. The van der Waals surface area contributed by atoms with E-state index >= 15 is 0 Å². The summed E-state index contributed by atoms with van der Waals surface area (Å²) in [6.45, 7) is -0.507. The van der Waals surface area contributed by atoms with Gasteiger partial charge in [0, 0.05) is 25.9 Å². The SMILES string of the molecule is Cn1c(=O)ccn(CC(=O)NC[C@@H]2[C@@H](c3ccccc3)C2(F)F)c1=O. The quantitative estimate of drug-likeness (QED) is 0.864. The maximum Gasteiger partial charge on any atom is 0.331 e. The van der Waals surface area contributed by atoms with E-state index in [1.165, 1.54) is 13.2 Å². The van der Waals surface area contributed by atoms with Crippen LogP contribution in [0.25, 0.3) is 0 Å².